The topological polar surface area (TPSA) is 119 Å². The Morgan fingerprint density at radius 3 is 2.55 bits per heavy atom. The Bertz CT molecular complexity index is 584. The number of nitro benzene ring substituents is 2. The Morgan fingerprint density at radius 2 is 1.95 bits per heavy atom. The third kappa shape index (κ3) is 2.58. The first-order valence-electron chi connectivity index (χ1n) is 6.18. The highest BCUT2D eigenvalue weighted by Gasteiger charge is 2.30. The first kappa shape index (κ1) is 13.9. The van der Waals surface area contributed by atoms with E-state index in [1.54, 1.807) is 0 Å². The van der Waals surface area contributed by atoms with Crippen LogP contribution in [0.3, 0.4) is 0 Å². The van der Waals surface area contributed by atoms with Crippen LogP contribution in [0, 0.1) is 20.2 Å². The fourth-order valence-electron chi connectivity index (χ4n) is 2.55. The largest absolute Gasteiger partial charge is 0.411 e. The Balaban J connectivity index is 2.50. The molecule has 8 nitrogen and oxygen atoms in total. The fourth-order valence-corrected chi connectivity index (χ4v) is 2.55. The van der Waals surface area contributed by atoms with Gasteiger partial charge in [0.05, 0.1) is 21.6 Å². The molecule has 1 aliphatic carbocycles. The van der Waals surface area contributed by atoms with Crippen LogP contribution >= 0.6 is 0 Å². The highest BCUT2D eigenvalue weighted by molar-refractivity contribution is 5.92. The first-order valence-corrected chi connectivity index (χ1v) is 6.18. The van der Waals surface area contributed by atoms with Gasteiger partial charge >= 0.3 is 0 Å². The summed E-state index contributed by atoms with van der Waals surface area (Å²) in [6, 6.07) is 3.59. The van der Waals surface area contributed by atoms with Crippen molar-refractivity contribution in [1.82, 2.24) is 0 Å². The van der Waals surface area contributed by atoms with Crippen LogP contribution in [0.1, 0.15) is 37.2 Å². The molecule has 1 unspecified atom stereocenters. The maximum Gasteiger partial charge on any atom is 0.280 e. The van der Waals surface area contributed by atoms with Gasteiger partial charge in [0.1, 0.15) is 0 Å². The lowest BCUT2D eigenvalue weighted by molar-refractivity contribution is -0.394. The third-order valence-electron chi connectivity index (χ3n) is 3.50. The van der Waals surface area contributed by atoms with Crippen molar-refractivity contribution in [1.29, 1.82) is 0 Å². The summed E-state index contributed by atoms with van der Waals surface area (Å²) in [5.74, 6) is -0.352. The molecule has 106 valence electrons. The van der Waals surface area contributed by atoms with Crippen molar-refractivity contribution in [3.63, 3.8) is 0 Å². The van der Waals surface area contributed by atoms with Crippen LogP contribution in [0.4, 0.5) is 11.4 Å². The number of nitro groups is 2. The Labute approximate surface area is 114 Å². The van der Waals surface area contributed by atoms with Crippen LogP contribution in [0.5, 0.6) is 0 Å². The molecule has 1 fully saturated rings. The molecule has 1 aromatic rings. The Hall–Kier alpha value is -2.51. The minimum Gasteiger partial charge on any atom is -0.411 e. The number of hydrogen-bond acceptors (Lipinski definition) is 6. The van der Waals surface area contributed by atoms with E-state index in [1.807, 2.05) is 0 Å². The number of oxime groups is 1. The number of benzene rings is 1. The van der Waals surface area contributed by atoms with Gasteiger partial charge in [-0.15, -0.1) is 0 Å². The summed E-state index contributed by atoms with van der Waals surface area (Å²) >= 11 is 0. The predicted octanol–water partition coefficient (Wildman–Crippen LogP) is 2.99. The molecule has 2 rings (SSSR count). The number of hydrogen-bond donors (Lipinski definition) is 1. The minimum absolute atomic E-state index is 0.299. The summed E-state index contributed by atoms with van der Waals surface area (Å²) in [6.45, 7) is 0. The molecule has 1 atom stereocenters. The van der Waals surface area contributed by atoms with Gasteiger partial charge in [-0.25, -0.2) is 0 Å². The van der Waals surface area contributed by atoms with Gasteiger partial charge in [-0.3, -0.25) is 20.2 Å². The van der Waals surface area contributed by atoms with Crippen LogP contribution in [0.15, 0.2) is 23.4 Å². The molecule has 1 aromatic carbocycles. The summed E-state index contributed by atoms with van der Waals surface area (Å²) in [5.41, 5.74) is 0.243. The van der Waals surface area contributed by atoms with Gasteiger partial charge in [-0.05, 0) is 25.3 Å². The molecule has 0 aromatic heterocycles. The zero-order valence-corrected chi connectivity index (χ0v) is 10.6. The second-order valence-electron chi connectivity index (χ2n) is 4.65. The smallest absolute Gasteiger partial charge is 0.280 e. The SMILES string of the molecule is O=[N+]([O-])c1ccc(C2CCCC/C2=N/O)c([N+](=O)[O-])c1. The predicted molar refractivity (Wildman–Crippen MR) is 70.2 cm³/mol. The first-order chi connectivity index (χ1) is 9.54. The summed E-state index contributed by atoms with van der Waals surface area (Å²) in [7, 11) is 0. The molecule has 20 heavy (non-hydrogen) atoms. The maximum atomic E-state index is 11.1. The van der Waals surface area contributed by atoms with Crippen LogP contribution in [-0.2, 0) is 0 Å². The van der Waals surface area contributed by atoms with Gasteiger partial charge in [-0.2, -0.15) is 0 Å². The summed E-state index contributed by atoms with van der Waals surface area (Å²) in [4.78, 5) is 20.5. The zero-order valence-electron chi connectivity index (χ0n) is 10.6. The van der Waals surface area contributed by atoms with Gasteiger partial charge in [0, 0.05) is 17.5 Å². The van der Waals surface area contributed by atoms with Crippen LogP contribution in [0.2, 0.25) is 0 Å². The molecule has 0 spiro atoms. The highest BCUT2D eigenvalue weighted by atomic mass is 16.6. The molecule has 0 aliphatic heterocycles. The van der Waals surface area contributed by atoms with Crippen LogP contribution in [0.25, 0.3) is 0 Å². The van der Waals surface area contributed by atoms with Gasteiger partial charge in [-0.1, -0.05) is 11.6 Å². The van der Waals surface area contributed by atoms with Crippen molar-refractivity contribution in [2.75, 3.05) is 0 Å². The van der Waals surface area contributed by atoms with Gasteiger partial charge < -0.3 is 5.21 Å². The van der Waals surface area contributed by atoms with E-state index in [-0.39, 0.29) is 17.3 Å². The maximum absolute atomic E-state index is 11.1. The quantitative estimate of drug-likeness (QED) is 0.518. The Morgan fingerprint density at radius 1 is 1.20 bits per heavy atom. The summed E-state index contributed by atoms with van der Waals surface area (Å²) < 4.78 is 0. The summed E-state index contributed by atoms with van der Waals surface area (Å²) in [5, 5.41) is 34.0. The van der Waals surface area contributed by atoms with Gasteiger partial charge in [0.15, 0.2) is 0 Å². The lowest BCUT2D eigenvalue weighted by Crippen LogP contribution is -2.18. The van der Waals surface area contributed by atoms with Gasteiger partial charge in [0.2, 0.25) is 0 Å². The van der Waals surface area contributed by atoms with E-state index in [0.29, 0.717) is 24.1 Å². The molecular formula is C12H13N3O5. The molecule has 0 bridgehead atoms. The average molecular weight is 279 g/mol. The van der Waals surface area contributed by atoms with Crippen molar-refractivity contribution in [3.05, 3.63) is 44.0 Å². The lowest BCUT2D eigenvalue weighted by Gasteiger charge is -2.22. The lowest BCUT2D eigenvalue weighted by atomic mass is 9.81. The molecule has 1 aliphatic rings. The van der Waals surface area contributed by atoms with E-state index in [9.17, 15) is 20.2 Å². The fraction of sp³-hybridized carbons (Fsp3) is 0.417. The molecule has 1 saturated carbocycles. The molecule has 0 amide bonds. The van der Waals surface area contributed by atoms with Gasteiger partial charge in [0.25, 0.3) is 11.4 Å². The second kappa shape index (κ2) is 5.64. The van der Waals surface area contributed by atoms with E-state index in [1.165, 1.54) is 12.1 Å². The van der Waals surface area contributed by atoms with Crippen LogP contribution in [-0.4, -0.2) is 20.8 Å². The number of nitrogens with zero attached hydrogens (tertiary/aromatic N) is 3. The van der Waals surface area contributed by atoms with E-state index in [4.69, 9.17) is 5.21 Å². The molecule has 0 radical (unpaired) electrons. The van der Waals surface area contributed by atoms with Crippen molar-refractivity contribution < 1.29 is 15.1 Å². The van der Waals surface area contributed by atoms with Crippen molar-refractivity contribution in [2.24, 2.45) is 5.16 Å². The third-order valence-corrected chi connectivity index (χ3v) is 3.50. The normalized spacial score (nSPS) is 20.8. The van der Waals surface area contributed by atoms with E-state index in [0.717, 1.165) is 18.9 Å². The van der Waals surface area contributed by atoms with Crippen molar-refractivity contribution in [2.45, 2.75) is 31.6 Å². The number of rotatable bonds is 3. The minimum atomic E-state index is -0.668. The summed E-state index contributed by atoms with van der Waals surface area (Å²) in [6.07, 6.45) is 2.96. The van der Waals surface area contributed by atoms with E-state index in [2.05, 4.69) is 5.16 Å². The van der Waals surface area contributed by atoms with Crippen LogP contribution < -0.4 is 0 Å². The second-order valence-corrected chi connectivity index (χ2v) is 4.65. The van der Waals surface area contributed by atoms with E-state index >= 15 is 0 Å². The van der Waals surface area contributed by atoms with E-state index < -0.39 is 9.85 Å². The molecule has 8 heteroatoms. The molecule has 0 saturated heterocycles. The molecule has 0 heterocycles. The standard InChI is InChI=1S/C12H13N3O5/c16-13-11-4-2-1-3-9(11)10-6-5-8(14(17)18)7-12(10)15(19)20/h5-7,9,16H,1-4H2/b13-11-. The average Bonchev–Trinajstić information content (AvgIpc) is 2.46. The van der Waals surface area contributed by atoms with Crippen molar-refractivity contribution >= 4 is 17.1 Å². The molecule has 1 N–H and O–H groups in total. The Kier molecular flexibility index (Phi) is 3.92. The zero-order chi connectivity index (χ0) is 14.7. The number of non-ortho nitro benzene ring substituents is 1. The van der Waals surface area contributed by atoms with Crippen molar-refractivity contribution in [3.8, 4) is 0 Å². The molecular weight excluding hydrogens is 266 g/mol. The highest BCUT2D eigenvalue weighted by Crippen LogP contribution is 2.37. The monoisotopic (exact) mass is 279 g/mol.